The van der Waals surface area contributed by atoms with Gasteiger partial charge in [-0.1, -0.05) is 98.1 Å². The molecule has 1 aromatic carbocycles. The molecule has 5 amide bonds. The number of Topliss-reactive ketones (excluding diaryl/α,β-unsaturated/α-hetero) is 1. The number of likely N-dealkylation sites (tertiary alicyclic amines) is 1. The van der Waals surface area contributed by atoms with Crippen LogP contribution in [0.4, 0.5) is 4.79 Å². The molecule has 4 unspecified atom stereocenters. The number of rotatable bonds is 13. The molecule has 1 saturated carbocycles. The second-order valence-corrected chi connectivity index (χ2v) is 13.6. The number of benzene rings is 1. The third-order valence-electron chi connectivity index (χ3n) is 8.02. The minimum atomic E-state index is -1.11. The van der Waals surface area contributed by atoms with Crippen molar-refractivity contribution >= 4 is 35.5 Å². The maximum atomic E-state index is 14.0. The highest BCUT2D eigenvalue weighted by molar-refractivity contribution is 6.37. The van der Waals surface area contributed by atoms with Gasteiger partial charge in [-0.2, -0.15) is 0 Å². The number of ketones is 1. The lowest BCUT2D eigenvalue weighted by Crippen LogP contribution is -2.61. The molecule has 12 nitrogen and oxygen atoms in total. The minimum absolute atomic E-state index is 0.0357. The fourth-order valence-corrected chi connectivity index (χ4v) is 5.38. The monoisotopic (exact) mass is 643 g/mol. The van der Waals surface area contributed by atoms with Crippen molar-refractivity contribution < 1.29 is 33.5 Å². The molecule has 1 saturated heterocycles. The largest absolute Gasteiger partial charge is 0.460 e. The van der Waals surface area contributed by atoms with Gasteiger partial charge in [0.25, 0.3) is 5.91 Å². The van der Waals surface area contributed by atoms with E-state index in [4.69, 9.17) is 10.5 Å². The highest BCUT2D eigenvalue weighted by Gasteiger charge is 2.48. The number of nitrogens with two attached hydrogens (primary N) is 1. The Morgan fingerprint density at radius 1 is 0.978 bits per heavy atom. The molecule has 2 aliphatic rings. The number of nitrogens with one attached hydrogen (secondary N) is 3. The Morgan fingerprint density at radius 3 is 2.11 bits per heavy atom. The average Bonchev–Trinajstić information content (AvgIpc) is 3.69. The van der Waals surface area contributed by atoms with Crippen LogP contribution in [-0.4, -0.2) is 71.6 Å². The van der Waals surface area contributed by atoms with Crippen LogP contribution in [0.5, 0.6) is 0 Å². The Bertz CT molecular complexity index is 1210. The molecule has 1 aliphatic carbocycles. The van der Waals surface area contributed by atoms with Gasteiger partial charge in [-0.15, -0.1) is 0 Å². The van der Waals surface area contributed by atoms with Crippen molar-refractivity contribution in [1.82, 2.24) is 20.9 Å². The number of primary amides is 1. The number of esters is 1. The van der Waals surface area contributed by atoms with E-state index in [1.165, 1.54) is 11.3 Å². The molecule has 0 spiro atoms. The van der Waals surface area contributed by atoms with Gasteiger partial charge in [0.05, 0.1) is 6.04 Å². The molecule has 0 radical (unpaired) electrons. The Morgan fingerprint density at radius 2 is 1.59 bits per heavy atom. The van der Waals surface area contributed by atoms with Crippen LogP contribution < -0.4 is 21.7 Å². The van der Waals surface area contributed by atoms with Crippen LogP contribution in [0, 0.1) is 23.2 Å². The molecule has 2 fully saturated rings. The number of hydrogen-bond acceptors (Lipinski definition) is 7. The Hall–Kier alpha value is -3.96. The third-order valence-corrected chi connectivity index (χ3v) is 8.02. The van der Waals surface area contributed by atoms with E-state index in [2.05, 4.69) is 29.8 Å². The second kappa shape index (κ2) is 17.7. The van der Waals surface area contributed by atoms with E-state index in [1.54, 1.807) is 20.8 Å². The van der Waals surface area contributed by atoms with Crippen molar-refractivity contribution in [2.24, 2.45) is 28.9 Å². The van der Waals surface area contributed by atoms with E-state index >= 15 is 0 Å². The Kier molecular flexibility index (Phi) is 14.7. The number of urea groups is 1. The van der Waals surface area contributed by atoms with Crippen molar-refractivity contribution in [2.75, 3.05) is 13.1 Å². The van der Waals surface area contributed by atoms with Gasteiger partial charge < -0.3 is 31.3 Å². The predicted octanol–water partition coefficient (Wildman–Crippen LogP) is 3.07. The summed E-state index contributed by atoms with van der Waals surface area (Å²) in [6.45, 7) is 13.5. The normalized spacial score (nSPS) is 18.8. The Balaban J connectivity index is 0.00000236. The molecule has 46 heavy (non-hydrogen) atoms. The summed E-state index contributed by atoms with van der Waals surface area (Å²) in [6.07, 6.45) is 3.94. The van der Waals surface area contributed by atoms with Crippen LogP contribution >= 0.6 is 0 Å². The zero-order chi connectivity index (χ0) is 34.6. The summed E-state index contributed by atoms with van der Waals surface area (Å²) < 4.78 is 5.19. The summed E-state index contributed by atoms with van der Waals surface area (Å²) >= 11 is 0. The summed E-state index contributed by atoms with van der Waals surface area (Å²) in [5.41, 5.74) is 5.31. The molecule has 12 heteroatoms. The van der Waals surface area contributed by atoms with Gasteiger partial charge in [0, 0.05) is 6.54 Å². The molecule has 1 heterocycles. The van der Waals surface area contributed by atoms with Crippen molar-refractivity contribution in [2.45, 2.75) is 105 Å². The molecule has 0 aromatic heterocycles. The van der Waals surface area contributed by atoms with E-state index in [1.807, 2.05) is 44.2 Å². The molecule has 256 valence electrons. The van der Waals surface area contributed by atoms with Crippen molar-refractivity contribution in [3.8, 4) is 0 Å². The topological polar surface area (TPSA) is 177 Å². The molecule has 1 aromatic rings. The van der Waals surface area contributed by atoms with Crippen LogP contribution in [0.2, 0.25) is 0 Å². The number of hydrogen-bond donors (Lipinski definition) is 4. The van der Waals surface area contributed by atoms with Gasteiger partial charge in [0.2, 0.25) is 17.6 Å². The van der Waals surface area contributed by atoms with E-state index in [0.717, 1.165) is 18.4 Å². The molecular formula is C34H53N5O7. The molecule has 4 atom stereocenters. The maximum absolute atomic E-state index is 14.0. The summed E-state index contributed by atoms with van der Waals surface area (Å²) in [4.78, 5) is 78.3. The number of ether oxygens (including phenoxy) is 1. The summed E-state index contributed by atoms with van der Waals surface area (Å²) in [5, 5.41) is 7.85. The smallest absolute Gasteiger partial charge is 0.325 e. The lowest BCUT2D eigenvalue weighted by molar-refractivity contribution is -0.144. The minimum Gasteiger partial charge on any atom is -0.460 e. The van der Waals surface area contributed by atoms with E-state index in [-0.39, 0.29) is 30.9 Å². The maximum Gasteiger partial charge on any atom is 0.325 e. The van der Waals surface area contributed by atoms with Gasteiger partial charge in [0.1, 0.15) is 25.2 Å². The summed E-state index contributed by atoms with van der Waals surface area (Å²) in [5.74, 6) is -3.53. The second-order valence-electron chi connectivity index (χ2n) is 13.6. The molecule has 0 bridgehead atoms. The number of nitrogens with zero attached hydrogens (tertiary/aromatic N) is 1. The SMILES string of the molecule is CC(C)C1CCN(C(=O)C(NC(=O)NCC(=O)OCc2ccccc2)C(C)(C)C)C1C(=O)NC(CC1CC1)C(=O)C(N)=O.CCC. The molecule has 3 rings (SSSR count). The van der Waals surface area contributed by atoms with E-state index in [0.29, 0.717) is 12.8 Å². The standard InChI is InChI=1S/C31H45N5O7.C3H8/c1-18(2)21-13-14-36(24(21)28(40)34-22(15-19-11-12-19)25(38)27(32)39)29(41)26(31(3,4)5)35-30(42)33-16-23(37)43-17-20-9-7-6-8-10-20;1-3-2/h6-10,18-19,21-22,24,26H,11-17H2,1-5H3,(H2,32,39)(H,34,40)(H2,33,35,42);3H2,1-2H3. The average molecular weight is 644 g/mol. The lowest BCUT2D eigenvalue weighted by atomic mass is 9.84. The van der Waals surface area contributed by atoms with Crippen LogP contribution in [0.15, 0.2) is 30.3 Å². The number of amides is 5. The molecule has 1 aliphatic heterocycles. The first-order valence-corrected chi connectivity index (χ1v) is 16.3. The highest BCUT2D eigenvalue weighted by Crippen LogP contribution is 2.35. The van der Waals surface area contributed by atoms with Crippen LogP contribution in [-0.2, 0) is 35.3 Å². The summed E-state index contributed by atoms with van der Waals surface area (Å²) in [7, 11) is 0. The number of carbonyl (C=O) groups is 6. The van der Waals surface area contributed by atoms with Gasteiger partial charge in [-0.3, -0.25) is 24.0 Å². The van der Waals surface area contributed by atoms with Crippen LogP contribution in [0.25, 0.3) is 0 Å². The van der Waals surface area contributed by atoms with Gasteiger partial charge in [0.15, 0.2) is 0 Å². The van der Waals surface area contributed by atoms with Crippen molar-refractivity contribution in [3.05, 3.63) is 35.9 Å². The zero-order valence-corrected chi connectivity index (χ0v) is 28.4. The van der Waals surface area contributed by atoms with E-state index < -0.39 is 65.6 Å². The highest BCUT2D eigenvalue weighted by atomic mass is 16.5. The first-order chi connectivity index (χ1) is 21.6. The van der Waals surface area contributed by atoms with Gasteiger partial charge in [-0.25, -0.2) is 4.79 Å². The fraction of sp³-hybridized carbons (Fsp3) is 0.647. The first-order valence-electron chi connectivity index (χ1n) is 16.3. The van der Waals surface area contributed by atoms with Crippen molar-refractivity contribution in [3.63, 3.8) is 0 Å². The van der Waals surface area contributed by atoms with Gasteiger partial charge in [-0.05, 0) is 41.6 Å². The predicted molar refractivity (Wildman–Crippen MR) is 174 cm³/mol. The number of carbonyl (C=O) groups excluding carboxylic acids is 6. The van der Waals surface area contributed by atoms with Crippen molar-refractivity contribution in [1.29, 1.82) is 0 Å². The molecule has 5 N–H and O–H groups in total. The third kappa shape index (κ3) is 11.8. The lowest BCUT2D eigenvalue weighted by Gasteiger charge is -2.37. The van der Waals surface area contributed by atoms with Crippen LogP contribution in [0.3, 0.4) is 0 Å². The summed E-state index contributed by atoms with van der Waals surface area (Å²) in [6, 6.07) is 5.39. The van der Waals surface area contributed by atoms with E-state index in [9.17, 15) is 28.8 Å². The Labute approximate surface area is 272 Å². The molecular weight excluding hydrogens is 590 g/mol. The quantitative estimate of drug-likeness (QED) is 0.189. The van der Waals surface area contributed by atoms with Crippen LogP contribution in [0.1, 0.15) is 86.1 Å². The zero-order valence-electron chi connectivity index (χ0n) is 28.4. The fourth-order valence-electron chi connectivity index (χ4n) is 5.38. The first kappa shape index (κ1) is 38.2. The van der Waals surface area contributed by atoms with Gasteiger partial charge >= 0.3 is 12.0 Å².